The van der Waals surface area contributed by atoms with Crippen LogP contribution in [0.2, 0.25) is 0 Å². The Bertz CT molecular complexity index is 1300. The van der Waals surface area contributed by atoms with Gasteiger partial charge in [-0.15, -0.1) is 0 Å². The summed E-state index contributed by atoms with van der Waals surface area (Å²) in [5.74, 6) is -0.589. The number of fused-ring (bicyclic) bond motifs is 4. The number of nitrogens with one attached hydrogen (secondary N) is 2. The number of aromatic amines is 1. The summed E-state index contributed by atoms with van der Waals surface area (Å²) in [7, 11) is 0. The highest BCUT2D eigenvalue weighted by atomic mass is 16.2. The monoisotopic (exact) mass is 472 g/mol. The molecule has 2 aromatic carbocycles. The van der Waals surface area contributed by atoms with Crippen LogP contribution in [0.15, 0.2) is 48.5 Å². The summed E-state index contributed by atoms with van der Waals surface area (Å²) in [4.78, 5) is 46.5. The lowest BCUT2D eigenvalue weighted by atomic mass is 9.86. The Morgan fingerprint density at radius 1 is 1.09 bits per heavy atom. The van der Waals surface area contributed by atoms with Crippen LogP contribution in [0, 0.1) is 0 Å². The Morgan fingerprint density at radius 2 is 1.80 bits per heavy atom. The third-order valence-electron chi connectivity index (χ3n) is 6.89. The first-order chi connectivity index (χ1) is 16.7. The molecule has 0 spiro atoms. The first-order valence-corrected chi connectivity index (χ1v) is 12.3. The van der Waals surface area contributed by atoms with Crippen molar-refractivity contribution in [2.24, 2.45) is 0 Å². The van der Waals surface area contributed by atoms with Gasteiger partial charge in [0.25, 0.3) is 0 Å². The molecule has 3 aromatic rings. The van der Waals surface area contributed by atoms with Crippen molar-refractivity contribution in [1.82, 2.24) is 20.1 Å². The number of para-hydroxylation sites is 1. The highest BCUT2D eigenvalue weighted by Crippen LogP contribution is 2.42. The van der Waals surface area contributed by atoms with Crippen molar-refractivity contribution < 1.29 is 14.4 Å². The summed E-state index contributed by atoms with van der Waals surface area (Å²) in [5, 5.41) is 3.96. The molecule has 35 heavy (non-hydrogen) atoms. The van der Waals surface area contributed by atoms with E-state index in [2.05, 4.69) is 47.6 Å². The molecule has 1 fully saturated rings. The summed E-state index contributed by atoms with van der Waals surface area (Å²) in [6.45, 7) is 7.56. The van der Waals surface area contributed by atoms with Gasteiger partial charge in [0.15, 0.2) is 0 Å². The molecule has 182 valence electrons. The molecule has 2 atom stereocenters. The topological polar surface area (TPSA) is 85.5 Å². The fourth-order valence-corrected chi connectivity index (χ4v) is 5.37. The number of piperazine rings is 1. The van der Waals surface area contributed by atoms with E-state index in [4.69, 9.17) is 0 Å². The number of carbonyl (C=O) groups excluding carboxylic acids is 3. The highest BCUT2D eigenvalue weighted by molar-refractivity contribution is 5.99. The quantitative estimate of drug-likeness (QED) is 0.611. The summed E-state index contributed by atoms with van der Waals surface area (Å²) >= 11 is 0. The van der Waals surface area contributed by atoms with Gasteiger partial charge < -0.3 is 20.1 Å². The summed E-state index contributed by atoms with van der Waals surface area (Å²) in [6.07, 6.45) is 1.35. The molecule has 2 aliphatic heterocycles. The number of rotatable bonds is 4. The number of hydrogen-bond donors (Lipinski definition) is 2. The normalized spacial score (nSPS) is 20.1. The Morgan fingerprint density at radius 3 is 2.49 bits per heavy atom. The lowest BCUT2D eigenvalue weighted by Gasteiger charge is -2.47. The molecule has 0 saturated carbocycles. The summed E-state index contributed by atoms with van der Waals surface area (Å²) < 4.78 is 0. The SMILES string of the molecule is CCc1ccc(C2c3[nH]c4ccccc4c3CC3C(=O)N(CC(=O)NC(C)(C)C)CC(=O)N32)cc1. The van der Waals surface area contributed by atoms with E-state index >= 15 is 0 Å². The molecule has 5 rings (SSSR count). The van der Waals surface area contributed by atoms with Gasteiger partial charge >= 0.3 is 0 Å². The maximum Gasteiger partial charge on any atom is 0.246 e. The summed E-state index contributed by atoms with van der Waals surface area (Å²) in [6, 6.07) is 15.3. The van der Waals surface area contributed by atoms with Crippen molar-refractivity contribution in [2.75, 3.05) is 13.1 Å². The van der Waals surface area contributed by atoms with E-state index in [-0.39, 0.29) is 36.9 Å². The molecule has 0 aliphatic carbocycles. The van der Waals surface area contributed by atoms with E-state index in [9.17, 15) is 14.4 Å². The predicted octanol–water partition coefficient (Wildman–Crippen LogP) is 3.33. The molecule has 0 radical (unpaired) electrons. The third-order valence-corrected chi connectivity index (χ3v) is 6.89. The van der Waals surface area contributed by atoms with Crippen molar-refractivity contribution in [3.8, 4) is 0 Å². The molecule has 2 unspecified atom stereocenters. The van der Waals surface area contributed by atoms with Gasteiger partial charge in [-0.3, -0.25) is 14.4 Å². The number of hydrogen-bond acceptors (Lipinski definition) is 3. The Hall–Kier alpha value is -3.61. The minimum atomic E-state index is -0.652. The zero-order valence-corrected chi connectivity index (χ0v) is 20.7. The zero-order chi connectivity index (χ0) is 24.9. The van der Waals surface area contributed by atoms with Crippen molar-refractivity contribution in [2.45, 2.75) is 58.2 Å². The first kappa shape index (κ1) is 23.1. The van der Waals surface area contributed by atoms with Crippen LogP contribution in [-0.2, 0) is 27.2 Å². The van der Waals surface area contributed by atoms with Gasteiger partial charge in [-0.25, -0.2) is 0 Å². The highest BCUT2D eigenvalue weighted by Gasteiger charge is 2.48. The van der Waals surface area contributed by atoms with Crippen molar-refractivity contribution in [3.05, 3.63) is 70.9 Å². The Balaban J connectivity index is 1.56. The van der Waals surface area contributed by atoms with Crippen LogP contribution in [0.1, 0.15) is 56.1 Å². The molecule has 3 heterocycles. The van der Waals surface area contributed by atoms with Gasteiger partial charge in [0.05, 0.1) is 6.04 Å². The van der Waals surface area contributed by atoms with Gasteiger partial charge in [0.2, 0.25) is 17.7 Å². The van der Waals surface area contributed by atoms with Gasteiger partial charge in [0, 0.05) is 28.6 Å². The van der Waals surface area contributed by atoms with E-state index in [0.29, 0.717) is 6.42 Å². The van der Waals surface area contributed by atoms with Crippen LogP contribution in [-0.4, -0.2) is 57.2 Å². The number of benzene rings is 2. The largest absolute Gasteiger partial charge is 0.356 e. The van der Waals surface area contributed by atoms with E-state index in [1.54, 1.807) is 4.90 Å². The molecule has 1 saturated heterocycles. The van der Waals surface area contributed by atoms with Crippen LogP contribution in [0.3, 0.4) is 0 Å². The number of aryl methyl sites for hydroxylation is 1. The number of carbonyl (C=O) groups is 3. The van der Waals surface area contributed by atoms with Crippen LogP contribution >= 0.6 is 0 Å². The smallest absolute Gasteiger partial charge is 0.246 e. The lowest BCUT2D eigenvalue weighted by molar-refractivity contribution is -0.159. The number of H-pyrrole nitrogens is 1. The van der Waals surface area contributed by atoms with Crippen molar-refractivity contribution in [1.29, 1.82) is 0 Å². The van der Waals surface area contributed by atoms with Crippen LogP contribution < -0.4 is 5.32 Å². The number of nitrogens with zero attached hydrogens (tertiary/aromatic N) is 2. The van der Waals surface area contributed by atoms with E-state index in [1.165, 1.54) is 10.5 Å². The second-order valence-electron chi connectivity index (χ2n) is 10.6. The average Bonchev–Trinajstić information content (AvgIpc) is 3.18. The molecule has 0 bridgehead atoms. The fraction of sp³-hybridized carbons (Fsp3) is 0.393. The van der Waals surface area contributed by atoms with Gasteiger partial charge in [-0.1, -0.05) is 49.4 Å². The molecule has 7 nitrogen and oxygen atoms in total. The van der Waals surface area contributed by atoms with E-state index in [1.807, 2.05) is 39.0 Å². The van der Waals surface area contributed by atoms with E-state index in [0.717, 1.165) is 34.1 Å². The fourth-order valence-electron chi connectivity index (χ4n) is 5.37. The Kier molecular flexibility index (Phi) is 5.66. The Labute approximate surface area is 205 Å². The van der Waals surface area contributed by atoms with Gasteiger partial charge in [-0.05, 0) is 49.9 Å². The second kappa shape index (κ2) is 8.56. The van der Waals surface area contributed by atoms with E-state index < -0.39 is 11.6 Å². The predicted molar refractivity (Wildman–Crippen MR) is 135 cm³/mol. The molecule has 2 aliphatic rings. The molecule has 3 amide bonds. The molecular weight excluding hydrogens is 440 g/mol. The molecular formula is C28H32N4O3. The summed E-state index contributed by atoms with van der Waals surface area (Å²) in [5.41, 5.74) is 4.80. The third kappa shape index (κ3) is 4.20. The lowest BCUT2D eigenvalue weighted by Crippen LogP contribution is -2.64. The van der Waals surface area contributed by atoms with Gasteiger partial charge in [0.1, 0.15) is 19.1 Å². The molecule has 7 heteroatoms. The standard InChI is InChI=1S/C28H32N4O3/c1-5-17-10-12-18(13-11-17)26-25-20(19-8-6-7-9-21(19)29-25)14-22-27(35)31(16-24(34)32(22)26)15-23(33)30-28(2,3)4/h6-13,22,26,29H,5,14-16H2,1-4H3,(H,30,33). The number of aromatic nitrogens is 1. The maximum absolute atomic E-state index is 13.7. The molecule has 2 N–H and O–H groups in total. The molecule has 1 aromatic heterocycles. The van der Waals surface area contributed by atoms with Crippen LogP contribution in [0.4, 0.5) is 0 Å². The average molecular weight is 473 g/mol. The van der Waals surface area contributed by atoms with Crippen molar-refractivity contribution in [3.63, 3.8) is 0 Å². The minimum absolute atomic E-state index is 0.105. The first-order valence-electron chi connectivity index (χ1n) is 12.3. The van der Waals surface area contributed by atoms with Crippen LogP contribution in [0.5, 0.6) is 0 Å². The second-order valence-corrected chi connectivity index (χ2v) is 10.6. The maximum atomic E-state index is 13.7. The zero-order valence-electron chi connectivity index (χ0n) is 20.7. The number of amides is 3. The van der Waals surface area contributed by atoms with Crippen molar-refractivity contribution >= 4 is 28.6 Å². The van der Waals surface area contributed by atoms with Crippen LogP contribution in [0.25, 0.3) is 10.9 Å². The van der Waals surface area contributed by atoms with Gasteiger partial charge in [-0.2, -0.15) is 0 Å². The minimum Gasteiger partial charge on any atom is -0.356 e.